The minimum atomic E-state index is -0.447. The highest BCUT2D eigenvalue weighted by Gasteiger charge is 2.20. The number of aromatic nitrogens is 6. The van der Waals surface area contributed by atoms with Crippen molar-refractivity contribution in [1.82, 2.24) is 34.8 Å². The first-order chi connectivity index (χ1) is 16.5. The largest absolute Gasteiger partial charge is 0.470 e. The number of carbonyl (C=O) groups is 1. The molecule has 1 fully saturated rings. The summed E-state index contributed by atoms with van der Waals surface area (Å²) in [5.74, 6) is 0.391. The number of amides is 1. The molecular formula is C22H21Cl2N7O3. The number of aromatic amines is 1. The zero-order valence-electron chi connectivity index (χ0n) is 18.2. The molecule has 4 aromatic rings. The van der Waals surface area contributed by atoms with Crippen LogP contribution in [0.25, 0.3) is 22.3 Å². The fourth-order valence-corrected chi connectivity index (χ4v) is 4.49. The van der Waals surface area contributed by atoms with Gasteiger partial charge in [0, 0.05) is 48.9 Å². The third kappa shape index (κ3) is 4.56. The number of pyridine rings is 2. The first-order valence-corrected chi connectivity index (χ1v) is 11.4. The number of morpholine rings is 1. The number of nitrogens with one attached hydrogen (secondary N) is 1. The average molecular weight is 502 g/mol. The van der Waals surface area contributed by atoms with Crippen LogP contribution in [0.15, 0.2) is 36.9 Å². The van der Waals surface area contributed by atoms with Gasteiger partial charge in [-0.05, 0) is 13.0 Å². The molecule has 0 unspecified atom stereocenters. The van der Waals surface area contributed by atoms with Gasteiger partial charge in [0.05, 0.1) is 35.0 Å². The standard InChI is InChI=1S/C22H21Cl2N7O3/c1-13(20-15(23)9-25-10-16(20)24)34-18-3-2-17-22(27-18)21(29-28-17)14-8-26-31(11-14)12-19(32)30-4-6-33-7-5-30/h2-3,8-11,13H,4-7,12H2,1H3,(H,28,29)/t13-/m1/s1. The Morgan fingerprint density at radius 2 is 1.97 bits per heavy atom. The second-order valence-corrected chi connectivity index (χ2v) is 8.63. The van der Waals surface area contributed by atoms with Crippen molar-refractivity contribution in [2.24, 2.45) is 0 Å². The van der Waals surface area contributed by atoms with Crippen LogP contribution in [0.5, 0.6) is 5.88 Å². The van der Waals surface area contributed by atoms with E-state index in [1.807, 2.05) is 13.0 Å². The smallest absolute Gasteiger partial charge is 0.244 e. The molecule has 0 radical (unpaired) electrons. The number of rotatable bonds is 6. The first kappa shape index (κ1) is 22.6. The van der Waals surface area contributed by atoms with E-state index in [2.05, 4.69) is 25.3 Å². The summed E-state index contributed by atoms with van der Waals surface area (Å²) in [6.45, 7) is 4.29. The van der Waals surface area contributed by atoms with E-state index in [1.165, 1.54) is 12.4 Å². The van der Waals surface area contributed by atoms with E-state index in [4.69, 9.17) is 32.7 Å². The lowest BCUT2D eigenvalue weighted by molar-refractivity contribution is -0.136. The molecule has 0 bridgehead atoms. The van der Waals surface area contributed by atoms with Crippen molar-refractivity contribution < 1.29 is 14.3 Å². The van der Waals surface area contributed by atoms with E-state index < -0.39 is 6.10 Å². The zero-order chi connectivity index (χ0) is 23.7. The molecular weight excluding hydrogens is 481 g/mol. The number of fused-ring (bicyclic) bond motifs is 1. The van der Waals surface area contributed by atoms with Crippen LogP contribution in [0, 0.1) is 0 Å². The maximum Gasteiger partial charge on any atom is 0.244 e. The number of hydrogen-bond donors (Lipinski definition) is 1. The van der Waals surface area contributed by atoms with E-state index in [0.717, 1.165) is 11.1 Å². The molecule has 4 aromatic heterocycles. The van der Waals surface area contributed by atoms with Crippen molar-refractivity contribution in [3.63, 3.8) is 0 Å². The molecule has 1 aliphatic heterocycles. The molecule has 34 heavy (non-hydrogen) atoms. The van der Waals surface area contributed by atoms with Gasteiger partial charge in [-0.25, -0.2) is 4.98 Å². The van der Waals surface area contributed by atoms with Crippen molar-refractivity contribution in [1.29, 1.82) is 0 Å². The van der Waals surface area contributed by atoms with Crippen LogP contribution in [0.4, 0.5) is 0 Å². The lowest BCUT2D eigenvalue weighted by Crippen LogP contribution is -2.42. The van der Waals surface area contributed by atoms with Crippen molar-refractivity contribution in [2.75, 3.05) is 26.3 Å². The van der Waals surface area contributed by atoms with Gasteiger partial charge in [0.15, 0.2) is 0 Å². The van der Waals surface area contributed by atoms with Crippen LogP contribution in [-0.4, -0.2) is 67.1 Å². The molecule has 5 rings (SSSR count). The molecule has 12 heteroatoms. The lowest BCUT2D eigenvalue weighted by Gasteiger charge is -2.26. The third-order valence-electron chi connectivity index (χ3n) is 5.54. The number of nitrogens with zero attached hydrogens (tertiary/aromatic N) is 6. The van der Waals surface area contributed by atoms with Gasteiger partial charge in [0.2, 0.25) is 11.8 Å². The molecule has 0 saturated carbocycles. The highest BCUT2D eigenvalue weighted by Crippen LogP contribution is 2.33. The number of carbonyl (C=O) groups excluding carboxylic acids is 1. The quantitative estimate of drug-likeness (QED) is 0.430. The van der Waals surface area contributed by atoms with Gasteiger partial charge >= 0.3 is 0 Å². The van der Waals surface area contributed by atoms with Crippen LogP contribution in [0.1, 0.15) is 18.6 Å². The molecule has 1 saturated heterocycles. The van der Waals surface area contributed by atoms with Crippen molar-refractivity contribution in [2.45, 2.75) is 19.6 Å². The lowest BCUT2D eigenvalue weighted by atomic mass is 10.2. The Kier molecular flexibility index (Phi) is 6.36. The molecule has 0 aromatic carbocycles. The van der Waals surface area contributed by atoms with Gasteiger partial charge < -0.3 is 14.4 Å². The number of H-pyrrole nitrogens is 1. The summed E-state index contributed by atoms with van der Waals surface area (Å²) in [5, 5.41) is 12.5. The van der Waals surface area contributed by atoms with E-state index >= 15 is 0 Å². The Morgan fingerprint density at radius 3 is 2.74 bits per heavy atom. The molecule has 1 N–H and O–H groups in total. The van der Waals surface area contributed by atoms with Crippen LogP contribution in [-0.2, 0) is 16.1 Å². The first-order valence-electron chi connectivity index (χ1n) is 10.7. The van der Waals surface area contributed by atoms with Gasteiger partial charge in [0.1, 0.15) is 23.9 Å². The monoisotopic (exact) mass is 501 g/mol. The van der Waals surface area contributed by atoms with E-state index in [0.29, 0.717) is 59.0 Å². The topological polar surface area (TPSA) is 111 Å². The molecule has 0 aliphatic carbocycles. The summed E-state index contributed by atoms with van der Waals surface area (Å²) >= 11 is 12.5. The van der Waals surface area contributed by atoms with Gasteiger partial charge in [-0.2, -0.15) is 10.2 Å². The Labute approximate surface area is 204 Å². The molecule has 0 spiro atoms. The van der Waals surface area contributed by atoms with Gasteiger partial charge in [-0.15, -0.1) is 0 Å². The minimum Gasteiger partial charge on any atom is -0.470 e. The number of halogens is 2. The maximum atomic E-state index is 12.5. The number of hydrogen-bond acceptors (Lipinski definition) is 7. The van der Waals surface area contributed by atoms with Gasteiger partial charge in [-0.3, -0.25) is 19.6 Å². The number of ether oxygens (including phenoxy) is 2. The summed E-state index contributed by atoms with van der Waals surface area (Å²) in [5.41, 5.74) is 3.35. The van der Waals surface area contributed by atoms with Crippen LogP contribution < -0.4 is 4.74 Å². The highest BCUT2D eigenvalue weighted by molar-refractivity contribution is 6.35. The molecule has 1 atom stereocenters. The van der Waals surface area contributed by atoms with Gasteiger partial charge in [0.25, 0.3) is 0 Å². The summed E-state index contributed by atoms with van der Waals surface area (Å²) in [7, 11) is 0. The fourth-order valence-electron chi connectivity index (χ4n) is 3.82. The predicted octanol–water partition coefficient (Wildman–Crippen LogP) is 3.52. The molecule has 5 heterocycles. The Hall–Kier alpha value is -3.21. The summed E-state index contributed by atoms with van der Waals surface area (Å²) < 4.78 is 12.9. The van der Waals surface area contributed by atoms with E-state index in [-0.39, 0.29) is 12.5 Å². The van der Waals surface area contributed by atoms with Crippen molar-refractivity contribution >= 4 is 40.1 Å². The Balaban J connectivity index is 1.36. The summed E-state index contributed by atoms with van der Waals surface area (Å²) in [4.78, 5) is 22.9. The molecule has 1 aliphatic rings. The van der Waals surface area contributed by atoms with E-state index in [1.54, 1.807) is 28.0 Å². The Bertz CT molecular complexity index is 1310. The SMILES string of the molecule is C[C@@H](Oc1ccc2[nH]nc(-c3cnn(CC(=O)N4CCOCC4)c3)c2n1)c1c(Cl)cncc1Cl. The summed E-state index contributed by atoms with van der Waals surface area (Å²) in [6.07, 6.45) is 6.04. The van der Waals surface area contributed by atoms with Gasteiger partial charge in [-0.1, -0.05) is 23.2 Å². The van der Waals surface area contributed by atoms with E-state index in [9.17, 15) is 4.79 Å². The van der Waals surface area contributed by atoms with Crippen molar-refractivity contribution in [3.8, 4) is 17.1 Å². The highest BCUT2D eigenvalue weighted by atomic mass is 35.5. The molecule has 176 valence electrons. The second kappa shape index (κ2) is 9.57. The average Bonchev–Trinajstić information content (AvgIpc) is 3.46. The van der Waals surface area contributed by atoms with Crippen LogP contribution in [0.3, 0.4) is 0 Å². The zero-order valence-corrected chi connectivity index (χ0v) is 19.8. The van der Waals surface area contributed by atoms with Crippen LogP contribution in [0.2, 0.25) is 10.0 Å². The third-order valence-corrected chi connectivity index (χ3v) is 6.15. The van der Waals surface area contributed by atoms with Crippen LogP contribution >= 0.6 is 23.2 Å². The fraction of sp³-hybridized carbons (Fsp3) is 0.318. The maximum absolute atomic E-state index is 12.5. The van der Waals surface area contributed by atoms with Crippen molar-refractivity contribution in [3.05, 3.63) is 52.5 Å². The normalized spacial score (nSPS) is 15.0. The predicted molar refractivity (Wildman–Crippen MR) is 126 cm³/mol. The Morgan fingerprint density at radius 1 is 1.21 bits per heavy atom. The molecule has 10 nitrogen and oxygen atoms in total. The molecule has 1 amide bonds. The summed E-state index contributed by atoms with van der Waals surface area (Å²) in [6, 6.07) is 3.58. The second-order valence-electron chi connectivity index (χ2n) is 7.81. The minimum absolute atomic E-state index is 0.000989.